The van der Waals surface area contributed by atoms with Crippen LogP contribution in [0.5, 0.6) is 0 Å². The molecule has 25 heavy (non-hydrogen) atoms. The summed E-state index contributed by atoms with van der Waals surface area (Å²) in [5.74, 6) is -0.536. The lowest BCUT2D eigenvalue weighted by Crippen LogP contribution is -2.19. The van der Waals surface area contributed by atoms with Gasteiger partial charge in [0.1, 0.15) is 5.82 Å². The van der Waals surface area contributed by atoms with Crippen molar-refractivity contribution in [3.8, 4) is 0 Å². The molecule has 1 aliphatic heterocycles. The molecule has 0 aliphatic carbocycles. The van der Waals surface area contributed by atoms with Gasteiger partial charge in [-0.2, -0.15) is 5.10 Å². The number of aryl methyl sites for hydroxylation is 2. The number of carbonyl (C=O) groups excluding carboxylic acids is 1. The molecular weight excluding hydrogens is 323 g/mol. The van der Waals surface area contributed by atoms with Gasteiger partial charge in [-0.3, -0.25) is 9.48 Å². The lowest BCUT2D eigenvalue weighted by atomic mass is 10.2. The largest absolute Gasteiger partial charge is 0.380 e. The standard InChI is InChI=1S/C18H23FN4O2/c1-23-12-13(10-21-23)4-7-18(24)22-14-5-6-17(16(19)9-14)20-11-15-3-2-8-25-15/h5-6,9-10,12,15,20H,2-4,7-8,11H2,1H3,(H,22,24). The second-order valence-electron chi connectivity index (χ2n) is 6.28. The van der Waals surface area contributed by atoms with E-state index in [0.717, 1.165) is 25.0 Å². The molecule has 7 heteroatoms. The molecule has 1 atom stereocenters. The molecule has 1 aromatic heterocycles. The summed E-state index contributed by atoms with van der Waals surface area (Å²) in [6.07, 6.45) is 6.74. The molecule has 0 saturated carbocycles. The van der Waals surface area contributed by atoms with Crippen molar-refractivity contribution in [2.45, 2.75) is 31.8 Å². The van der Waals surface area contributed by atoms with E-state index in [2.05, 4.69) is 15.7 Å². The number of halogens is 1. The molecule has 0 bridgehead atoms. The Hall–Kier alpha value is -2.41. The molecule has 2 aromatic rings. The van der Waals surface area contributed by atoms with E-state index in [1.165, 1.54) is 6.07 Å². The fraction of sp³-hybridized carbons (Fsp3) is 0.444. The van der Waals surface area contributed by atoms with Crippen LogP contribution in [0, 0.1) is 5.82 Å². The summed E-state index contributed by atoms with van der Waals surface area (Å²) in [6.45, 7) is 1.37. The average Bonchev–Trinajstić information content (AvgIpc) is 3.24. The zero-order valence-electron chi connectivity index (χ0n) is 14.3. The number of rotatable bonds is 7. The van der Waals surface area contributed by atoms with Crippen LogP contribution in [0.25, 0.3) is 0 Å². The van der Waals surface area contributed by atoms with Crippen LogP contribution in [-0.2, 0) is 23.0 Å². The number of amides is 1. The van der Waals surface area contributed by atoms with Crippen molar-refractivity contribution in [1.29, 1.82) is 0 Å². The maximum Gasteiger partial charge on any atom is 0.224 e. The molecule has 2 heterocycles. The van der Waals surface area contributed by atoms with Crippen LogP contribution in [0.2, 0.25) is 0 Å². The van der Waals surface area contributed by atoms with E-state index in [9.17, 15) is 9.18 Å². The van der Waals surface area contributed by atoms with Crippen molar-refractivity contribution in [3.63, 3.8) is 0 Å². The highest BCUT2D eigenvalue weighted by molar-refractivity contribution is 5.91. The molecule has 1 fully saturated rings. The topological polar surface area (TPSA) is 68.2 Å². The van der Waals surface area contributed by atoms with Gasteiger partial charge < -0.3 is 15.4 Å². The summed E-state index contributed by atoms with van der Waals surface area (Å²) in [6, 6.07) is 4.67. The predicted octanol–water partition coefficient (Wildman–Crippen LogP) is 2.72. The molecule has 1 amide bonds. The lowest BCUT2D eigenvalue weighted by Gasteiger charge is -2.13. The molecule has 3 rings (SSSR count). The van der Waals surface area contributed by atoms with Crippen LogP contribution < -0.4 is 10.6 Å². The number of carbonyl (C=O) groups is 1. The first kappa shape index (κ1) is 17.4. The van der Waals surface area contributed by atoms with Gasteiger partial charge >= 0.3 is 0 Å². The molecule has 1 aliphatic rings. The Bertz CT molecular complexity index is 726. The number of nitrogens with one attached hydrogen (secondary N) is 2. The molecule has 134 valence electrons. The van der Waals surface area contributed by atoms with Crippen molar-refractivity contribution in [2.75, 3.05) is 23.8 Å². The quantitative estimate of drug-likeness (QED) is 0.809. The second kappa shape index (κ2) is 8.11. The maximum absolute atomic E-state index is 14.2. The van der Waals surface area contributed by atoms with Gasteiger partial charge in [-0.1, -0.05) is 0 Å². The van der Waals surface area contributed by atoms with Gasteiger partial charge in [0, 0.05) is 38.5 Å². The highest BCUT2D eigenvalue weighted by atomic mass is 19.1. The van der Waals surface area contributed by atoms with Crippen LogP contribution >= 0.6 is 0 Å². The number of benzene rings is 1. The van der Waals surface area contributed by atoms with Crippen molar-refractivity contribution in [2.24, 2.45) is 7.05 Å². The summed E-state index contributed by atoms with van der Waals surface area (Å²) in [5, 5.41) is 9.85. The minimum absolute atomic E-state index is 0.145. The molecule has 6 nitrogen and oxygen atoms in total. The molecule has 1 unspecified atom stereocenters. The Balaban J connectivity index is 1.48. The third kappa shape index (κ3) is 5.03. The van der Waals surface area contributed by atoms with E-state index in [-0.39, 0.29) is 17.8 Å². The predicted molar refractivity (Wildman–Crippen MR) is 94.0 cm³/mol. The van der Waals surface area contributed by atoms with Gasteiger partial charge in [0.15, 0.2) is 0 Å². The minimum Gasteiger partial charge on any atom is -0.380 e. The van der Waals surface area contributed by atoms with Gasteiger partial charge in [-0.05, 0) is 43.0 Å². The van der Waals surface area contributed by atoms with Crippen molar-refractivity contribution in [3.05, 3.63) is 42.0 Å². The van der Waals surface area contributed by atoms with Crippen LogP contribution in [0.15, 0.2) is 30.6 Å². The first-order valence-electron chi connectivity index (χ1n) is 8.52. The smallest absolute Gasteiger partial charge is 0.224 e. The Morgan fingerprint density at radius 3 is 3.04 bits per heavy atom. The fourth-order valence-corrected chi connectivity index (χ4v) is 2.85. The van der Waals surface area contributed by atoms with Gasteiger partial charge in [-0.25, -0.2) is 4.39 Å². The maximum atomic E-state index is 14.2. The van der Waals surface area contributed by atoms with Gasteiger partial charge in [0.05, 0.1) is 18.0 Å². The van der Waals surface area contributed by atoms with Gasteiger partial charge in [-0.15, -0.1) is 0 Å². The Kier molecular flexibility index (Phi) is 5.65. The normalized spacial score (nSPS) is 16.8. The lowest BCUT2D eigenvalue weighted by molar-refractivity contribution is -0.116. The van der Waals surface area contributed by atoms with Gasteiger partial charge in [0.25, 0.3) is 0 Å². The van der Waals surface area contributed by atoms with E-state index in [4.69, 9.17) is 4.74 Å². The highest BCUT2D eigenvalue weighted by Gasteiger charge is 2.15. The number of aromatic nitrogens is 2. The summed E-state index contributed by atoms with van der Waals surface area (Å²) in [7, 11) is 1.83. The Labute approximate surface area is 146 Å². The monoisotopic (exact) mass is 346 g/mol. The van der Waals surface area contributed by atoms with Crippen LogP contribution in [-0.4, -0.2) is 34.9 Å². The average molecular weight is 346 g/mol. The van der Waals surface area contributed by atoms with Crippen molar-refractivity contribution >= 4 is 17.3 Å². The minimum atomic E-state index is -0.386. The SMILES string of the molecule is Cn1cc(CCC(=O)Nc2ccc(NCC3CCCO3)c(F)c2)cn1. The molecule has 0 spiro atoms. The molecular formula is C18H23FN4O2. The fourth-order valence-electron chi connectivity index (χ4n) is 2.85. The zero-order valence-corrected chi connectivity index (χ0v) is 14.3. The van der Waals surface area contributed by atoms with E-state index in [0.29, 0.717) is 30.8 Å². The number of anilines is 2. The summed E-state index contributed by atoms with van der Waals surface area (Å²) in [5.41, 5.74) is 1.87. The summed E-state index contributed by atoms with van der Waals surface area (Å²) < 4.78 is 21.4. The van der Waals surface area contributed by atoms with Gasteiger partial charge in [0.2, 0.25) is 5.91 Å². The van der Waals surface area contributed by atoms with Crippen LogP contribution in [0.3, 0.4) is 0 Å². The first-order chi connectivity index (χ1) is 12.1. The van der Waals surface area contributed by atoms with E-state index >= 15 is 0 Å². The second-order valence-corrected chi connectivity index (χ2v) is 6.28. The summed E-state index contributed by atoms with van der Waals surface area (Å²) in [4.78, 5) is 12.0. The van der Waals surface area contributed by atoms with Crippen molar-refractivity contribution < 1.29 is 13.9 Å². The van der Waals surface area contributed by atoms with Crippen LogP contribution in [0.4, 0.5) is 15.8 Å². The van der Waals surface area contributed by atoms with E-state index < -0.39 is 0 Å². The summed E-state index contributed by atoms with van der Waals surface area (Å²) >= 11 is 0. The number of hydrogen-bond acceptors (Lipinski definition) is 4. The van der Waals surface area contributed by atoms with Crippen LogP contribution in [0.1, 0.15) is 24.8 Å². The third-order valence-corrected chi connectivity index (χ3v) is 4.20. The third-order valence-electron chi connectivity index (χ3n) is 4.20. The van der Waals surface area contributed by atoms with E-state index in [1.54, 1.807) is 23.0 Å². The molecule has 2 N–H and O–H groups in total. The zero-order chi connectivity index (χ0) is 17.6. The van der Waals surface area contributed by atoms with E-state index in [1.807, 2.05) is 13.2 Å². The first-order valence-corrected chi connectivity index (χ1v) is 8.52. The van der Waals surface area contributed by atoms with Crippen molar-refractivity contribution in [1.82, 2.24) is 9.78 Å². The molecule has 1 aromatic carbocycles. The highest BCUT2D eigenvalue weighted by Crippen LogP contribution is 2.20. The molecule has 1 saturated heterocycles. The molecule has 0 radical (unpaired) electrons. The Morgan fingerprint density at radius 2 is 2.36 bits per heavy atom. The number of hydrogen-bond donors (Lipinski definition) is 2. The number of ether oxygens (including phenoxy) is 1. The number of nitrogens with zero attached hydrogens (tertiary/aromatic N) is 2. The Morgan fingerprint density at radius 1 is 1.48 bits per heavy atom.